The predicted octanol–water partition coefficient (Wildman–Crippen LogP) is 1.80. The Bertz CT molecular complexity index is 350. The molecule has 1 aliphatic carbocycles. The van der Waals surface area contributed by atoms with Crippen molar-refractivity contribution in [2.45, 2.75) is 38.1 Å². The van der Waals surface area contributed by atoms with Gasteiger partial charge < -0.3 is 9.88 Å². The highest BCUT2D eigenvalue weighted by Gasteiger charge is 2.32. The number of fused-ring (bicyclic) bond motifs is 1. The molecule has 1 atom stereocenters. The summed E-state index contributed by atoms with van der Waals surface area (Å²) in [7, 11) is 2.13. The fourth-order valence-corrected chi connectivity index (χ4v) is 3.20. The van der Waals surface area contributed by atoms with Gasteiger partial charge >= 0.3 is 0 Å². The Morgan fingerprint density at radius 3 is 3.00 bits per heavy atom. The van der Waals surface area contributed by atoms with Gasteiger partial charge in [0, 0.05) is 20.0 Å². The normalized spacial score (nSPS) is 26.9. The lowest BCUT2D eigenvalue weighted by molar-refractivity contribution is 0.339. The molecule has 3 rings (SSSR count). The predicted molar refractivity (Wildman–Crippen MR) is 59.6 cm³/mol. The topological polar surface area (TPSA) is 29.9 Å². The Labute approximate surface area is 90.9 Å². The third kappa shape index (κ3) is 1.49. The molecule has 1 aromatic heterocycles. The largest absolute Gasteiger partial charge is 0.336 e. The molecule has 1 N–H and O–H groups in total. The zero-order chi connectivity index (χ0) is 10.3. The summed E-state index contributed by atoms with van der Waals surface area (Å²) in [5.74, 6) is 0.847. The van der Waals surface area contributed by atoms with Crippen molar-refractivity contribution >= 4 is 0 Å². The Morgan fingerprint density at radius 2 is 2.20 bits per heavy atom. The van der Waals surface area contributed by atoms with Crippen LogP contribution in [-0.2, 0) is 13.5 Å². The summed E-state index contributed by atoms with van der Waals surface area (Å²) in [6.45, 7) is 1.10. The second-order valence-electron chi connectivity index (χ2n) is 4.91. The fraction of sp³-hybridized carbons (Fsp3) is 0.750. The highest BCUT2D eigenvalue weighted by molar-refractivity contribution is 5.22. The van der Waals surface area contributed by atoms with Crippen LogP contribution in [-0.4, -0.2) is 16.1 Å². The van der Waals surface area contributed by atoms with Crippen LogP contribution in [0.1, 0.15) is 43.1 Å². The molecular formula is C12H19N3. The van der Waals surface area contributed by atoms with E-state index < -0.39 is 0 Å². The first-order chi connectivity index (χ1) is 7.36. The van der Waals surface area contributed by atoms with Gasteiger partial charge in [-0.25, -0.2) is 4.98 Å². The standard InChI is InChI=1S/C12H19N3/c1-15-8-14-10-6-7-13-11(12(10)15)9-4-2-3-5-9/h8-9,11,13H,2-7H2,1H3. The number of hydrogen-bond donors (Lipinski definition) is 1. The first-order valence-corrected chi connectivity index (χ1v) is 6.10. The minimum Gasteiger partial charge on any atom is -0.336 e. The monoisotopic (exact) mass is 205 g/mol. The van der Waals surface area contributed by atoms with Crippen LogP contribution in [0.15, 0.2) is 6.33 Å². The molecule has 1 fully saturated rings. The molecule has 0 radical (unpaired) electrons. The minimum absolute atomic E-state index is 0.573. The van der Waals surface area contributed by atoms with Crippen LogP contribution in [0.5, 0.6) is 0 Å². The van der Waals surface area contributed by atoms with Crippen molar-refractivity contribution in [1.29, 1.82) is 0 Å². The van der Waals surface area contributed by atoms with E-state index in [-0.39, 0.29) is 0 Å². The molecule has 2 heterocycles. The fourth-order valence-electron chi connectivity index (χ4n) is 3.20. The van der Waals surface area contributed by atoms with E-state index in [0.29, 0.717) is 6.04 Å². The van der Waals surface area contributed by atoms with Gasteiger partial charge in [-0.15, -0.1) is 0 Å². The molecule has 3 nitrogen and oxygen atoms in total. The lowest BCUT2D eigenvalue weighted by Crippen LogP contribution is -2.35. The van der Waals surface area contributed by atoms with Gasteiger partial charge in [-0.3, -0.25) is 0 Å². The number of rotatable bonds is 1. The molecule has 15 heavy (non-hydrogen) atoms. The molecule has 3 heteroatoms. The highest BCUT2D eigenvalue weighted by Crippen LogP contribution is 2.37. The van der Waals surface area contributed by atoms with E-state index in [1.54, 1.807) is 0 Å². The summed E-state index contributed by atoms with van der Waals surface area (Å²) in [6.07, 6.45) is 8.68. The Morgan fingerprint density at radius 1 is 1.40 bits per heavy atom. The van der Waals surface area contributed by atoms with Crippen LogP contribution in [0, 0.1) is 5.92 Å². The van der Waals surface area contributed by atoms with Crippen molar-refractivity contribution in [3.63, 3.8) is 0 Å². The number of aromatic nitrogens is 2. The van der Waals surface area contributed by atoms with E-state index in [9.17, 15) is 0 Å². The summed E-state index contributed by atoms with van der Waals surface area (Å²) >= 11 is 0. The zero-order valence-corrected chi connectivity index (χ0v) is 9.37. The van der Waals surface area contributed by atoms with Crippen LogP contribution in [0.3, 0.4) is 0 Å². The van der Waals surface area contributed by atoms with Crippen LogP contribution in [0.4, 0.5) is 0 Å². The third-order valence-electron chi connectivity index (χ3n) is 3.95. The number of hydrogen-bond acceptors (Lipinski definition) is 2. The van der Waals surface area contributed by atoms with Gasteiger partial charge in [0.05, 0.1) is 23.8 Å². The molecule has 0 saturated heterocycles. The zero-order valence-electron chi connectivity index (χ0n) is 9.37. The van der Waals surface area contributed by atoms with Crippen molar-refractivity contribution in [2.24, 2.45) is 13.0 Å². The van der Waals surface area contributed by atoms with E-state index in [0.717, 1.165) is 18.9 Å². The van der Waals surface area contributed by atoms with Gasteiger partial charge in [-0.2, -0.15) is 0 Å². The summed E-state index contributed by atoms with van der Waals surface area (Å²) in [5, 5.41) is 3.68. The van der Waals surface area contributed by atoms with Gasteiger partial charge in [0.2, 0.25) is 0 Å². The molecule has 0 amide bonds. The quantitative estimate of drug-likeness (QED) is 0.757. The Hall–Kier alpha value is -0.830. The summed E-state index contributed by atoms with van der Waals surface area (Å²) < 4.78 is 2.21. The summed E-state index contributed by atoms with van der Waals surface area (Å²) in [6, 6.07) is 0.573. The number of aryl methyl sites for hydroxylation is 1. The van der Waals surface area contributed by atoms with E-state index >= 15 is 0 Å². The lowest BCUT2D eigenvalue weighted by atomic mass is 9.91. The maximum absolute atomic E-state index is 4.50. The summed E-state index contributed by atoms with van der Waals surface area (Å²) in [4.78, 5) is 4.50. The van der Waals surface area contributed by atoms with Crippen LogP contribution in [0.25, 0.3) is 0 Å². The van der Waals surface area contributed by atoms with Crippen molar-refractivity contribution in [3.05, 3.63) is 17.7 Å². The van der Waals surface area contributed by atoms with E-state index in [4.69, 9.17) is 0 Å². The van der Waals surface area contributed by atoms with Crippen molar-refractivity contribution in [2.75, 3.05) is 6.54 Å². The molecule has 2 aliphatic rings. The average Bonchev–Trinajstić information content (AvgIpc) is 2.88. The van der Waals surface area contributed by atoms with Gasteiger partial charge in [0.25, 0.3) is 0 Å². The second kappa shape index (κ2) is 3.63. The molecule has 0 aromatic carbocycles. The number of imidazole rings is 1. The molecule has 0 bridgehead atoms. The van der Waals surface area contributed by atoms with Gasteiger partial charge in [-0.1, -0.05) is 12.8 Å². The second-order valence-corrected chi connectivity index (χ2v) is 4.91. The van der Waals surface area contributed by atoms with Crippen molar-refractivity contribution < 1.29 is 0 Å². The maximum atomic E-state index is 4.50. The van der Waals surface area contributed by atoms with Gasteiger partial charge in [-0.05, 0) is 18.8 Å². The van der Waals surface area contributed by atoms with E-state index in [1.807, 2.05) is 6.33 Å². The van der Waals surface area contributed by atoms with Gasteiger partial charge in [0.15, 0.2) is 0 Å². The molecule has 1 aliphatic heterocycles. The minimum atomic E-state index is 0.573. The Balaban J connectivity index is 1.93. The molecule has 1 saturated carbocycles. The maximum Gasteiger partial charge on any atom is 0.0949 e. The first kappa shape index (κ1) is 9.40. The smallest absolute Gasteiger partial charge is 0.0949 e. The molecular weight excluding hydrogens is 186 g/mol. The van der Waals surface area contributed by atoms with Crippen LogP contribution < -0.4 is 5.32 Å². The van der Waals surface area contributed by atoms with Crippen LogP contribution >= 0.6 is 0 Å². The molecule has 82 valence electrons. The van der Waals surface area contributed by atoms with Crippen molar-refractivity contribution in [3.8, 4) is 0 Å². The number of nitrogens with zero attached hydrogens (tertiary/aromatic N) is 2. The Kier molecular flexibility index (Phi) is 2.28. The highest BCUT2D eigenvalue weighted by atomic mass is 15.1. The lowest BCUT2D eigenvalue weighted by Gasteiger charge is -2.29. The molecule has 0 spiro atoms. The van der Waals surface area contributed by atoms with Gasteiger partial charge in [0.1, 0.15) is 0 Å². The average molecular weight is 205 g/mol. The molecule has 1 unspecified atom stereocenters. The summed E-state index contributed by atoms with van der Waals surface area (Å²) in [5.41, 5.74) is 2.78. The first-order valence-electron chi connectivity index (χ1n) is 6.10. The van der Waals surface area contributed by atoms with E-state index in [1.165, 1.54) is 37.1 Å². The van der Waals surface area contributed by atoms with E-state index in [2.05, 4.69) is 21.9 Å². The third-order valence-corrected chi connectivity index (χ3v) is 3.95. The SMILES string of the molecule is Cn1cnc2c1C(C1CCCC1)NCC2. The van der Waals surface area contributed by atoms with Crippen LogP contribution in [0.2, 0.25) is 0 Å². The molecule has 1 aromatic rings. The van der Waals surface area contributed by atoms with Crippen molar-refractivity contribution in [1.82, 2.24) is 14.9 Å². The number of nitrogens with one attached hydrogen (secondary N) is 1.